The summed E-state index contributed by atoms with van der Waals surface area (Å²) < 4.78 is 5.56. The summed E-state index contributed by atoms with van der Waals surface area (Å²) in [6.07, 6.45) is 4.58. The molecule has 0 spiro atoms. The van der Waals surface area contributed by atoms with Crippen LogP contribution in [0.4, 0.5) is 0 Å². The first-order chi connectivity index (χ1) is 10.3. The smallest absolute Gasteiger partial charge is 0.250 e. The van der Waals surface area contributed by atoms with Crippen molar-refractivity contribution in [3.05, 3.63) is 35.9 Å². The molecule has 2 N–H and O–H groups in total. The van der Waals surface area contributed by atoms with Crippen molar-refractivity contribution in [2.45, 2.75) is 37.8 Å². The quantitative estimate of drug-likeness (QED) is 0.891. The van der Waals surface area contributed by atoms with E-state index in [1.807, 2.05) is 18.2 Å². The SMILES string of the molecule is O=C(NC(c1ccccc1)C1CCCC1)C1CNCCO1. The highest BCUT2D eigenvalue weighted by molar-refractivity contribution is 5.81. The van der Waals surface area contributed by atoms with Crippen molar-refractivity contribution in [2.75, 3.05) is 19.7 Å². The summed E-state index contributed by atoms with van der Waals surface area (Å²) in [5.74, 6) is 0.566. The maximum Gasteiger partial charge on any atom is 0.250 e. The Morgan fingerprint density at radius 3 is 2.67 bits per heavy atom. The zero-order valence-corrected chi connectivity index (χ0v) is 12.4. The molecule has 4 nitrogen and oxygen atoms in total. The van der Waals surface area contributed by atoms with Gasteiger partial charge in [0.05, 0.1) is 12.6 Å². The highest BCUT2D eigenvalue weighted by Gasteiger charge is 2.30. The fourth-order valence-corrected chi connectivity index (χ4v) is 3.40. The van der Waals surface area contributed by atoms with Gasteiger partial charge in [0.25, 0.3) is 5.91 Å². The monoisotopic (exact) mass is 288 g/mol. The van der Waals surface area contributed by atoms with Gasteiger partial charge in [-0.3, -0.25) is 4.79 Å². The minimum atomic E-state index is -0.355. The summed E-state index contributed by atoms with van der Waals surface area (Å²) in [4.78, 5) is 12.5. The third kappa shape index (κ3) is 3.63. The van der Waals surface area contributed by atoms with Crippen molar-refractivity contribution in [2.24, 2.45) is 5.92 Å². The highest BCUT2D eigenvalue weighted by Crippen LogP contribution is 2.35. The molecule has 2 fully saturated rings. The molecule has 3 rings (SSSR count). The van der Waals surface area contributed by atoms with Crippen LogP contribution in [0.1, 0.15) is 37.3 Å². The molecule has 2 aliphatic rings. The van der Waals surface area contributed by atoms with E-state index in [0.29, 0.717) is 19.1 Å². The van der Waals surface area contributed by atoms with Crippen LogP contribution in [0.3, 0.4) is 0 Å². The van der Waals surface area contributed by atoms with Gasteiger partial charge in [0.2, 0.25) is 0 Å². The lowest BCUT2D eigenvalue weighted by Crippen LogP contribution is -2.49. The van der Waals surface area contributed by atoms with Crippen molar-refractivity contribution >= 4 is 5.91 Å². The van der Waals surface area contributed by atoms with Gasteiger partial charge in [-0.2, -0.15) is 0 Å². The van der Waals surface area contributed by atoms with E-state index in [2.05, 4.69) is 22.8 Å². The predicted molar refractivity (Wildman–Crippen MR) is 81.9 cm³/mol. The number of nitrogens with one attached hydrogen (secondary N) is 2. The molecule has 1 aliphatic carbocycles. The molecule has 1 heterocycles. The Morgan fingerprint density at radius 1 is 1.24 bits per heavy atom. The van der Waals surface area contributed by atoms with Gasteiger partial charge in [-0.25, -0.2) is 0 Å². The lowest BCUT2D eigenvalue weighted by molar-refractivity contribution is -0.135. The maximum atomic E-state index is 12.5. The van der Waals surface area contributed by atoms with Gasteiger partial charge in [0.1, 0.15) is 6.10 Å². The molecule has 1 saturated heterocycles. The van der Waals surface area contributed by atoms with E-state index in [9.17, 15) is 4.79 Å². The van der Waals surface area contributed by atoms with Crippen molar-refractivity contribution < 1.29 is 9.53 Å². The van der Waals surface area contributed by atoms with Gasteiger partial charge in [0, 0.05) is 13.1 Å². The first-order valence-corrected chi connectivity index (χ1v) is 8.02. The Morgan fingerprint density at radius 2 is 2.00 bits per heavy atom. The molecule has 1 aromatic rings. The van der Waals surface area contributed by atoms with Crippen LogP contribution in [0, 0.1) is 5.92 Å². The van der Waals surface area contributed by atoms with Crippen LogP contribution in [0.25, 0.3) is 0 Å². The molecule has 0 bridgehead atoms. The van der Waals surface area contributed by atoms with Crippen LogP contribution in [0.5, 0.6) is 0 Å². The number of morpholine rings is 1. The second kappa shape index (κ2) is 7.05. The number of rotatable bonds is 4. The standard InChI is InChI=1S/C17H24N2O2/c20-17(15-12-18-10-11-21-15)19-16(14-8-4-5-9-14)13-6-2-1-3-7-13/h1-3,6-7,14-16,18H,4-5,8-12H2,(H,19,20). The van der Waals surface area contributed by atoms with Crippen molar-refractivity contribution in [3.8, 4) is 0 Å². The molecular weight excluding hydrogens is 264 g/mol. The van der Waals surface area contributed by atoms with E-state index in [4.69, 9.17) is 4.74 Å². The van der Waals surface area contributed by atoms with E-state index < -0.39 is 0 Å². The third-order valence-corrected chi connectivity index (χ3v) is 4.55. The van der Waals surface area contributed by atoms with Crippen LogP contribution in [-0.2, 0) is 9.53 Å². The maximum absolute atomic E-state index is 12.5. The Kier molecular flexibility index (Phi) is 4.88. The Balaban J connectivity index is 1.71. The van der Waals surface area contributed by atoms with Gasteiger partial charge in [-0.05, 0) is 24.3 Å². The van der Waals surface area contributed by atoms with E-state index in [0.717, 1.165) is 6.54 Å². The molecule has 2 atom stereocenters. The third-order valence-electron chi connectivity index (χ3n) is 4.55. The van der Waals surface area contributed by atoms with Crippen LogP contribution in [0.15, 0.2) is 30.3 Å². The first kappa shape index (κ1) is 14.5. The Hall–Kier alpha value is -1.39. The summed E-state index contributed by atoms with van der Waals surface area (Å²) in [7, 11) is 0. The van der Waals surface area contributed by atoms with Gasteiger partial charge < -0.3 is 15.4 Å². The molecule has 0 radical (unpaired) electrons. The predicted octanol–water partition coefficient (Wildman–Crippen LogP) is 2.02. The largest absolute Gasteiger partial charge is 0.366 e. The minimum absolute atomic E-state index is 0.0166. The fraction of sp³-hybridized carbons (Fsp3) is 0.588. The van der Waals surface area contributed by atoms with E-state index in [1.165, 1.54) is 31.2 Å². The normalized spacial score (nSPS) is 24.7. The number of ether oxygens (including phenoxy) is 1. The number of amides is 1. The number of hydrogen-bond acceptors (Lipinski definition) is 3. The second-order valence-corrected chi connectivity index (χ2v) is 6.01. The second-order valence-electron chi connectivity index (χ2n) is 6.01. The fourth-order valence-electron chi connectivity index (χ4n) is 3.40. The van der Waals surface area contributed by atoms with Gasteiger partial charge in [-0.15, -0.1) is 0 Å². The lowest BCUT2D eigenvalue weighted by Gasteiger charge is -2.29. The average Bonchev–Trinajstić information content (AvgIpc) is 3.08. The Bertz CT molecular complexity index is 451. The van der Waals surface area contributed by atoms with Crippen LogP contribution in [0.2, 0.25) is 0 Å². The molecule has 1 aliphatic heterocycles. The summed E-state index contributed by atoms with van der Waals surface area (Å²) in [5, 5.41) is 6.45. The molecule has 4 heteroatoms. The Labute approximate surface area is 126 Å². The van der Waals surface area contributed by atoms with E-state index in [-0.39, 0.29) is 18.1 Å². The van der Waals surface area contributed by atoms with Gasteiger partial charge in [0.15, 0.2) is 0 Å². The topological polar surface area (TPSA) is 50.4 Å². The summed E-state index contributed by atoms with van der Waals surface area (Å²) in [6.45, 7) is 2.05. The molecule has 0 aromatic heterocycles. The summed E-state index contributed by atoms with van der Waals surface area (Å²) in [5.41, 5.74) is 1.21. The van der Waals surface area contributed by atoms with Crippen LogP contribution in [-0.4, -0.2) is 31.7 Å². The number of carbonyl (C=O) groups excluding carboxylic acids is 1. The summed E-state index contributed by atoms with van der Waals surface area (Å²) >= 11 is 0. The van der Waals surface area contributed by atoms with Gasteiger partial charge >= 0.3 is 0 Å². The summed E-state index contributed by atoms with van der Waals surface area (Å²) in [6, 6.07) is 10.5. The first-order valence-electron chi connectivity index (χ1n) is 8.02. The molecule has 114 valence electrons. The molecule has 1 saturated carbocycles. The zero-order valence-electron chi connectivity index (χ0n) is 12.4. The number of benzene rings is 1. The van der Waals surface area contributed by atoms with Crippen molar-refractivity contribution in [1.82, 2.24) is 10.6 Å². The zero-order chi connectivity index (χ0) is 14.5. The molecule has 21 heavy (non-hydrogen) atoms. The van der Waals surface area contributed by atoms with Crippen LogP contribution >= 0.6 is 0 Å². The minimum Gasteiger partial charge on any atom is -0.366 e. The number of hydrogen-bond donors (Lipinski definition) is 2. The molecule has 2 unspecified atom stereocenters. The number of carbonyl (C=O) groups is 1. The van der Waals surface area contributed by atoms with E-state index in [1.54, 1.807) is 0 Å². The molecular formula is C17H24N2O2. The van der Waals surface area contributed by atoms with Crippen LogP contribution < -0.4 is 10.6 Å². The van der Waals surface area contributed by atoms with Gasteiger partial charge in [-0.1, -0.05) is 43.2 Å². The molecule has 1 aromatic carbocycles. The molecule has 1 amide bonds. The average molecular weight is 288 g/mol. The van der Waals surface area contributed by atoms with Crippen molar-refractivity contribution in [1.29, 1.82) is 0 Å². The highest BCUT2D eigenvalue weighted by atomic mass is 16.5. The lowest BCUT2D eigenvalue weighted by atomic mass is 9.91. The van der Waals surface area contributed by atoms with Crippen molar-refractivity contribution in [3.63, 3.8) is 0 Å². The van der Waals surface area contributed by atoms with E-state index >= 15 is 0 Å².